The minimum atomic E-state index is -2.52. The van der Waals surface area contributed by atoms with E-state index in [1.165, 1.54) is 0 Å². The summed E-state index contributed by atoms with van der Waals surface area (Å²) in [6.45, 7) is 2.78. The molecule has 5 rings (SSSR count). The molecule has 9 nitrogen and oxygen atoms in total. The quantitative estimate of drug-likeness (QED) is 0.654. The lowest BCUT2D eigenvalue weighted by Gasteiger charge is -2.50. The third-order valence-electron chi connectivity index (χ3n) is 7.15. The number of carbonyl (C=O) groups is 1. The lowest BCUT2D eigenvalue weighted by Crippen LogP contribution is -2.64. The van der Waals surface area contributed by atoms with Crippen molar-refractivity contribution in [2.24, 2.45) is 5.92 Å². The highest BCUT2D eigenvalue weighted by Gasteiger charge is 2.52. The highest BCUT2D eigenvalue weighted by atomic mass is 19.3. The van der Waals surface area contributed by atoms with Gasteiger partial charge in [-0.25, -0.2) is 13.8 Å². The minimum Gasteiger partial charge on any atom is -0.376 e. The summed E-state index contributed by atoms with van der Waals surface area (Å²) in [5, 5.41) is 10.5. The van der Waals surface area contributed by atoms with Crippen LogP contribution in [0.5, 0.6) is 0 Å². The van der Waals surface area contributed by atoms with E-state index in [4.69, 9.17) is 4.74 Å². The number of alkyl halides is 2. The van der Waals surface area contributed by atoms with Gasteiger partial charge in [-0.3, -0.25) is 9.48 Å². The van der Waals surface area contributed by atoms with E-state index in [0.29, 0.717) is 36.2 Å². The summed E-state index contributed by atoms with van der Waals surface area (Å²) in [6.07, 6.45) is 6.13. The van der Waals surface area contributed by atoms with E-state index in [2.05, 4.69) is 25.7 Å². The molecule has 2 N–H and O–H groups in total. The third kappa shape index (κ3) is 3.92. The monoisotopic (exact) mass is 461 g/mol. The molecule has 2 aromatic rings. The summed E-state index contributed by atoms with van der Waals surface area (Å²) in [5.74, 6) is -1.55. The maximum Gasteiger partial charge on any atom is 0.250 e. The van der Waals surface area contributed by atoms with Crippen LogP contribution in [0.1, 0.15) is 43.4 Å². The first kappa shape index (κ1) is 22.0. The fourth-order valence-electron chi connectivity index (χ4n) is 5.19. The molecule has 3 heterocycles. The van der Waals surface area contributed by atoms with Crippen molar-refractivity contribution in [1.29, 1.82) is 0 Å². The summed E-state index contributed by atoms with van der Waals surface area (Å²) in [5.41, 5.74) is 1.69. The fourth-order valence-corrected chi connectivity index (χ4v) is 5.19. The lowest BCUT2D eigenvalue weighted by atomic mass is 9.73. The van der Waals surface area contributed by atoms with E-state index in [9.17, 15) is 13.6 Å². The van der Waals surface area contributed by atoms with Gasteiger partial charge in [0.05, 0.1) is 17.5 Å². The molecule has 1 amide bonds. The van der Waals surface area contributed by atoms with Crippen molar-refractivity contribution in [2.75, 3.05) is 29.7 Å². The largest absolute Gasteiger partial charge is 0.376 e. The first-order valence-electron chi connectivity index (χ1n) is 11.3. The Bertz CT molecular complexity index is 1060. The number of fused-ring (bicyclic) bond motifs is 1. The summed E-state index contributed by atoms with van der Waals surface area (Å²) in [4.78, 5) is 24.0. The second kappa shape index (κ2) is 7.89. The Balaban J connectivity index is 1.28. The van der Waals surface area contributed by atoms with Crippen molar-refractivity contribution < 1.29 is 18.3 Å². The van der Waals surface area contributed by atoms with Gasteiger partial charge in [0, 0.05) is 51.8 Å². The van der Waals surface area contributed by atoms with E-state index in [1.807, 2.05) is 25.1 Å². The minimum absolute atomic E-state index is 0.0305. The molecule has 0 radical (unpaired) electrons. The Morgan fingerprint density at radius 2 is 2.06 bits per heavy atom. The Morgan fingerprint density at radius 3 is 2.70 bits per heavy atom. The predicted molar refractivity (Wildman–Crippen MR) is 118 cm³/mol. The van der Waals surface area contributed by atoms with Crippen LogP contribution < -0.4 is 15.5 Å². The molecule has 2 fully saturated rings. The molecule has 1 aliphatic heterocycles. The number of carbonyl (C=O) groups excluding carboxylic acids is 1. The molecule has 1 atom stereocenters. The molecule has 3 aliphatic rings. The predicted octanol–water partition coefficient (Wildman–Crippen LogP) is 2.96. The van der Waals surface area contributed by atoms with Gasteiger partial charge >= 0.3 is 0 Å². The second-order valence-electron chi connectivity index (χ2n) is 9.51. The molecule has 1 unspecified atom stereocenters. The summed E-state index contributed by atoms with van der Waals surface area (Å²) in [6, 6.07) is -0.456. The van der Waals surface area contributed by atoms with Crippen LogP contribution in [0.3, 0.4) is 0 Å². The lowest BCUT2D eigenvalue weighted by molar-refractivity contribution is -0.135. The van der Waals surface area contributed by atoms with Crippen LogP contribution in [0.25, 0.3) is 0 Å². The van der Waals surface area contributed by atoms with Crippen LogP contribution in [0.4, 0.5) is 26.2 Å². The Morgan fingerprint density at radius 1 is 1.30 bits per heavy atom. The molecule has 33 heavy (non-hydrogen) atoms. The molecular weight excluding hydrogens is 432 g/mol. The van der Waals surface area contributed by atoms with Crippen molar-refractivity contribution in [1.82, 2.24) is 19.7 Å². The number of hydrogen-bond donors (Lipinski definition) is 2. The second-order valence-corrected chi connectivity index (χ2v) is 9.51. The summed E-state index contributed by atoms with van der Waals surface area (Å²) in [7, 11) is 3.52. The van der Waals surface area contributed by atoms with Gasteiger partial charge in [0.25, 0.3) is 0 Å². The molecule has 11 heteroatoms. The zero-order valence-electron chi connectivity index (χ0n) is 19.1. The number of amides is 1. The van der Waals surface area contributed by atoms with E-state index in [-0.39, 0.29) is 24.7 Å². The molecule has 0 spiro atoms. The van der Waals surface area contributed by atoms with Crippen molar-refractivity contribution in [3.63, 3.8) is 0 Å². The molecular formula is C22H29F2N7O2. The smallest absolute Gasteiger partial charge is 0.250 e. The van der Waals surface area contributed by atoms with E-state index in [0.717, 1.165) is 24.8 Å². The highest BCUT2D eigenvalue weighted by molar-refractivity contribution is 6.04. The Labute approximate surface area is 190 Å². The number of likely N-dealkylation sites (N-methyl/N-ethyl adjacent to an activating group) is 1. The number of aromatic nitrogens is 4. The van der Waals surface area contributed by atoms with Crippen LogP contribution in [-0.4, -0.2) is 57.4 Å². The molecule has 178 valence electrons. The number of hydrogen-bond acceptors (Lipinski definition) is 7. The standard InChI is InChI=1S/C22H29F2N7O2/c1-13-16-18(30(2)17(19(32)28-16)21(33-3)5-4-6-21)29-20(27-13)25-9-15-10-26-31(12-15)11-14-7-22(23,24)8-14/h10,12,14,17H,4-9,11H2,1-3H3,(H,28,32)(H,25,27,29). The average Bonchev–Trinajstić information content (AvgIpc) is 3.15. The number of anilines is 3. The van der Waals surface area contributed by atoms with E-state index in [1.54, 1.807) is 18.0 Å². The number of aryl methyl sites for hydroxylation is 1. The van der Waals surface area contributed by atoms with Gasteiger partial charge in [0.1, 0.15) is 11.7 Å². The van der Waals surface area contributed by atoms with Crippen LogP contribution in [0, 0.1) is 12.8 Å². The average molecular weight is 462 g/mol. The zero-order chi connectivity index (χ0) is 23.4. The normalized spacial score (nSPS) is 23.4. The van der Waals surface area contributed by atoms with Gasteiger partial charge in [-0.1, -0.05) is 0 Å². The highest BCUT2D eigenvalue weighted by Crippen LogP contribution is 2.45. The maximum absolute atomic E-state index is 13.1. The SMILES string of the molecule is COC1(C2C(=O)Nc3c(C)nc(NCc4cnn(CC5CC(F)(F)C5)c4)nc3N2C)CCC1. The molecule has 2 aromatic heterocycles. The number of nitrogens with one attached hydrogen (secondary N) is 2. The van der Waals surface area contributed by atoms with Crippen LogP contribution in [0.2, 0.25) is 0 Å². The van der Waals surface area contributed by atoms with Crippen LogP contribution >= 0.6 is 0 Å². The summed E-state index contributed by atoms with van der Waals surface area (Å²) < 4.78 is 33.6. The van der Waals surface area contributed by atoms with Crippen LogP contribution in [0.15, 0.2) is 12.4 Å². The van der Waals surface area contributed by atoms with E-state index >= 15 is 0 Å². The molecule has 2 saturated carbocycles. The Hall–Kier alpha value is -2.82. The van der Waals surface area contributed by atoms with Crippen molar-refractivity contribution in [3.05, 3.63) is 23.7 Å². The van der Waals surface area contributed by atoms with E-state index < -0.39 is 17.6 Å². The number of halogens is 2. The van der Waals surface area contributed by atoms with Gasteiger partial charge in [-0.2, -0.15) is 10.1 Å². The zero-order valence-corrected chi connectivity index (χ0v) is 19.1. The molecule has 2 aliphatic carbocycles. The number of rotatable bonds is 7. The van der Waals surface area contributed by atoms with Crippen LogP contribution in [-0.2, 0) is 22.6 Å². The molecule has 0 aromatic carbocycles. The number of methoxy groups -OCH3 is 1. The van der Waals surface area contributed by atoms with Gasteiger partial charge in [0.2, 0.25) is 17.8 Å². The summed E-state index contributed by atoms with van der Waals surface area (Å²) >= 11 is 0. The fraction of sp³-hybridized carbons (Fsp3) is 0.636. The Kier molecular flexibility index (Phi) is 5.26. The van der Waals surface area contributed by atoms with Gasteiger partial charge in [-0.05, 0) is 32.1 Å². The van der Waals surface area contributed by atoms with Gasteiger partial charge in [0.15, 0.2) is 5.82 Å². The maximum atomic E-state index is 13.1. The van der Waals surface area contributed by atoms with Crippen molar-refractivity contribution in [2.45, 2.75) is 69.7 Å². The van der Waals surface area contributed by atoms with Gasteiger partial charge < -0.3 is 20.3 Å². The molecule has 0 bridgehead atoms. The first-order chi connectivity index (χ1) is 15.7. The van der Waals surface area contributed by atoms with Gasteiger partial charge in [-0.15, -0.1) is 0 Å². The topological polar surface area (TPSA) is 97.2 Å². The third-order valence-corrected chi connectivity index (χ3v) is 7.15. The first-order valence-corrected chi connectivity index (χ1v) is 11.3. The molecule has 0 saturated heterocycles. The van der Waals surface area contributed by atoms with Crippen molar-refractivity contribution >= 4 is 23.4 Å². The number of ether oxygens (including phenoxy) is 1. The number of nitrogens with zero attached hydrogens (tertiary/aromatic N) is 5. The van der Waals surface area contributed by atoms with Crippen molar-refractivity contribution in [3.8, 4) is 0 Å².